The van der Waals surface area contributed by atoms with E-state index in [9.17, 15) is 18.0 Å². The number of carbonyl (C=O) groups is 1. The third-order valence-electron chi connectivity index (χ3n) is 3.47. The predicted octanol–water partition coefficient (Wildman–Crippen LogP) is 3.23. The van der Waals surface area contributed by atoms with E-state index in [0.29, 0.717) is 10.0 Å². The van der Waals surface area contributed by atoms with Gasteiger partial charge in [0.1, 0.15) is 17.6 Å². The lowest BCUT2D eigenvalue weighted by Crippen LogP contribution is -2.36. The number of carbonyl (C=O) groups excluding carboxylic acids is 1. The quantitative estimate of drug-likeness (QED) is 0.708. The molecule has 1 amide bonds. The van der Waals surface area contributed by atoms with Crippen molar-refractivity contribution in [3.8, 4) is 0 Å². The second kappa shape index (κ2) is 7.62. The third kappa shape index (κ3) is 3.98. The molecule has 0 fully saturated rings. The number of benzene rings is 1. The van der Waals surface area contributed by atoms with E-state index in [1.165, 1.54) is 6.07 Å². The highest BCUT2D eigenvalue weighted by Crippen LogP contribution is 2.35. The zero-order valence-electron chi connectivity index (χ0n) is 12.9. The van der Waals surface area contributed by atoms with Gasteiger partial charge in [0.05, 0.1) is 12.4 Å². The summed E-state index contributed by atoms with van der Waals surface area (Å²) >= 11 is 7.63. The van der Waals surface area contributed by atoms with Gasteiger partial charge < -0.3 is 0 Å². The molecule has 1 aromatic heterocycles. The lowest BCUT2D eigenvalue weighted by Gasteiger charge is -2.32. The Labute approximate surface area is 160 Å². The summed E-state index contributed by atoms with van der Waals surface area (Å²) in [6, 6.07) is 4.87. The summed E-state index contributed by atoms with van der Waals surface area (Å²) in [5, 5.41) is 6.67. The summed E-state index contributed by atoms with van der Waals surface area (Å²) in [5.74, 6) is -1.36. The molecule has 136 valence electrons. The van der Waals surface area contributed by atoms with E-state index in [1.54, 1.807) is 12.1 Å². The second-order valence-electron chi connectivity index (χ2n) is 5.26. The van der Waals surface area contributed by atoms with Crippen LogP contribution in [0.1, 0.15) is 16.5 Å². The number of hydrogen-bond acceptors (Lipinski definition) is 6. The Balaban J connectivity index is 1.81. The molecule has 0 bridgehead atoms. The van der Waals surface area contributed by atoms with E-state index >= 15 is 0 Å². The van der Waals surface area contributed by atoms with Gasteiger partial charge in [-0.25, -0.2) is 23.1 Å². The average Bonchev–Trinajstić information content (AvgIpc) is 2.59. The lowest BCUT2D eigenvalue weighted by molar-refractivity contribution is -0.117. The monoisotopic (exact) mass is 445 g/mol. The molecule has 6 nitrogen and oxygen atoms in total. The number of hydrogen-bond donors (Lipinski definition) is 2. The van der Waals surface area contributed by atoms with Crippen LogP contribution in [0.4, 0.5) is 19.1 Å². The Morgan fingerprint density at radius 1 is 1.35 bits per heavy atom. The van der Waals surface area contributed by atoms with E-state index in [1.807, 2.05) is 0 Å². The van der Waals surface area contributed by atoms with Crippen LogP contribution in [-0.2, 0) is 4.79 Å². The highest BCUT2D eigenvalue weighted by molar-refractivity contribution is 9.10. The molecule has 11 heteroatoms. The number of nitrogens with zero attached hydrogens (tertiary/aromatic N) is 4. The van der Waals surface area contributed by atoms with Crippen molar-refractivity contribution in [1.29, 1.82) is 0 Å². The Hall–Kier alpha value is -2.14. The van der Waals surface area contributed by atoms with Gasteiger partial charge in [0.15, 0.2) is 5.82 Å². The molecule has 2 heterocycles. The van der Waals surface area contributed by atoms with Crippen molar-refractivity contribution in [3.63, 3.8) is 0 Å². The van der Waals surface area contributed by atoms with Gasteiger partial charge in [-0.3, -0.25) is 15.1 Å². The average molecular weight is 446 g/mol. The first-order valence-electron chi connectivity index (χ1n) is 7.23. The van der Waals surface area contributed by atoms with Gasteiger partial charge in [0.25, 0.3) is 6.43 Å². The second-order valence-corrected chi connectivity index (χ2v) is 6.67. The maximum absolute atomic E-state index is 13.4. The van der Waals surface area contributed by atoms with Crippen LogP contribution >= 0.6 is 28.6 Å². The maximum Gasteiger partial charge on any atom is 0.282 e. The van der Waals surface area contributed by atoms with Gasteiger partial charge in [-0.15, -0.1) is 12.6 Å². The number of fused-ring (bicyclic) bond motifs is 1. The van der Waals surface area contributed by atoms with Gasteiger partial charge in [0, 0.05) is 10.0 Å². The third-order valence-corrected chi connectivity index (χ3v) is 4.51. The van der Waals surface area contributed by atoms with E-state index in [0.717, 1.165) is 17.4 Å². The van der Waals surface area contributed by atoms with Gasteiger partial charge in [0.2, 0.25) is 11.9 Å². The summed E-state index contributed by atoms with van der Waals surface area (Å²) in [7, 11) is 0. The molecule has 0 aliphatic carbocycles. The molecule has 1 unspecified atom stereocenters. The number of thiol groups is 1. The van der Waals surface area contributed by atoms with Gasteiger partial charge in [-0.2, -0.15) is 5.10 Å². The molecule has 0 radical (unpaired) electrons. The summed E-state index contributed by atoms with van der Waals surface area (Å²) in [6.07, 6.45) is -1.03. The Morgan fingerprint density at radius 3 is 2.69 bits per heavy atom. The predicted molar refractivity (Wildman–Crippen MR) is 95.7 cm³/mol. The topological polar surface area (TPSA) is 70.5 Å². The minimum Gasteiger partial charge on any atom is -0.293 e. The smallest absolute Gasteiger partial charge is 0.282 e. The fourth-order valence-electron chi connectivity index (χ4n) is 2.35. The molecule has 26 heavy (non-hydrogen) atoms. The Morgan fingerprint density at radius 2 is 2.04 bits per heavy atom. The molecule has 1 atom stereocenters. The summed E-state index contributed by atoms with van der Waals surface area (Å²) in [5.41, 5.74) is 0.331. The molecule has 0 saturated heterocycles. The van der Waals surface area contributed by atoms with Crippen LogP contribution in [0.25, 0.3) is 0 Å². The summed E-state index contributed by atoms with van der Waals surface area (Å²) in [6.45, 7) is -0.360. The Kier molecular flexibility index (Phi) is 5.47. The minimum atomic E-state index is -2.82. The van der Waals surface area contributed by atoms with Crippen molar-refractivity contribution in [2.45, 2.75) is 11.8 Å². The SMILES string of the molecule is O=C(CN1N=C(C(F)F)c2cc(Br)ccc2C1S)Nc1ncc(F)cn1. The number of alkyl halides is 2. The number of hydrazone groups is 1. The first kappa shape index (κ1) is 18.6. The molecule has 3 rings (SSSR count). The van der Waals surface area contributed by atoms with Gasteiger partial charge in [-0.05, 0) is 17.7 Å². The number of rotatable bonds is 4. The standard InChI is InChI=1S/C15H11BrF3N5OS/c16-7-1-2-9-10(3-7)12(13(18)19)23-24(14(9)26)6-11(25)22-15-20-4-8(17)5-21-15/h1-5,13-14,26H,6H2,(H,20,21,22,25). The first-order chi connectivity index (χ1) is 12.3. The molecule has 1 aromatic carbocycles. The zero-order valence-corrected chi connectivity index (χ0v) is 15.4. The molecule has 0 spiro atoms. The van der Waals surface area contributed by atoms with Crippen molar-refractivity contribution in [1.82, 2.24) is 15.0 Å². The minimum absolute atomic E-state index is 0.105. The van der Waals surface area contributed by atoms with Crippen LogP contribution in [0.15, 0.2) is 40.2 Å². The fraction of sp³-hybridized carbons (Fsp3) is 0.200. The van der Waals surface area contributed by atoms with E-state index in [4.69, 9.17) is 0 Å². The first-order valence-corrected chi connectivity index (χ1v) is 8.54. The lowest BCUT2D eigenvalue weighted by atomic mass is 10.0. The highest BCUT2D eigenvalue weighted by atomic mass is 79.9. The van der Waals surface area contributed by atoms with Gasteiger partial charge in [-0.1, -0.05) is 22.0 Å². The Bertz CT molecular complexity index is 865. The van der Waals surface area contributed by atoms with Gasteiger partial charge >= 0.3 is 0 Å². The van der Waals surface area contributed by atoms with Crippen LogP contribution in [0, 0.1) is 5.82 Å². The molecule has 2 aromatic rings. The van der Waals surface area contributed by atoms with Crippen LogP contribution in [0.2, 0.25) is 0 Å². The normalized spacial score (nSPS) is 16.3. The van der Waals surface area contributed by atoms with Crippen LogP contribution in [0.5, 0.6) is 0 Å². The molecule has 1 aliphatic heterocycles. The zero-order chi connectivity index (χ0) is 18.8. The van der Waals surface area contributed by atoms with E-state index in [-0.39, 0.29) is 18.1 Å². The van der Waals surface area contributed by atoms with Crippen molar-refractivity contribution in [3.05, 3.63) is 52.0 Å². The summed E-state index contributed by atoms with van der Waals surface area (Å²) in [4.78, 5) is 19.3. The fourth-order valence-corrected chi connectivity index (χ4v) is 3.07. The molecule has 0 saturated carbocycles. The summed E-state index contributed by atoms with van der Waals surface area (Å²) < 4.78 is 40.2. The van der Waals surface area contributed by atoms with Crippen LogP contribution in [0.3, 0.4) is 0 Å². The number of halogens is 4. The van der Waals surface area contributed by atoms with E-state index in [2.05, 4.69) is 48.9 Å². The molecular formula is C15H11BrF3N5OS. The molecular weight excluding hydrogens is 435 g/mol. The number of anilines is 1. The largest absolute Gasteiger partial charge is 0.293 e. The van der Waals surface area contributed by atoms with Crippen LogP contribution in [-0.4, -0.2) is 39.6 Å². The van der Waals surface area contributed by atoms with Crippen molar-refractivity contribution < 1.29 is 18.0 Å². The van der Waals surface area contributed by atoms with Crippen LogP contribution < -0.4 is 5.32 Å². The molecule has 1 N–H and O–H groups in total. The molecule has 1 aliphatic rings. The number of aromatic nitrogens is 2. The number of nitrogens with one attached hydrogen (secondary N) is 1. The van der Waals surface area contributed by atoms with Crippen molar-refractivity contribution in [2.24, 2.45) is 5.10 Å². The number of amides is 1. The maximum atomic E-state index is 13.4. The van der Waals surface area contributed by atoms with E-state index < -0.39 is 29.2 Å². The van der Waals surface area contributed by atoms with Crippen molar-refractivity contribution >= 4 is 46.1 Å². The van der Waals surface area contributed by atoms with Crippen molar-refractivity contribution in [2.75, 3.05) is 11.9 Å². The highest BCUT2D eigenvalue weighted by Gasteiger charge is 2.31.